The van der Waals surface area contributed by atoms with Crippen molar-refractivity contribution in [3.05, 3.63) is 29.8 Å². The van der Waals surface area contributed by atoms with Gasteiger partial charge in [0.2, 0.25) is 5.91 Å². The molecule has 3 aliphatic carbocycles. The maximum Gasteiger partial charge on any atom is 0.228 e. The number of nitrogens with one attached hydrogen (secondary N) is 1. The van der Waals surface area contributed by atoms with Gasteiger partial charge in [0, 0.05) is 18.2 Å². The first kappa shape index (κ1) is 11.5. The number of rotatable bonds is 3. The van der Waals surface area contributed by atoms with E-state index in [9.17, 15) is 4.79 Å². The number of carbonyl (C=O) groups is 1. The molecule has 3 fully saturated rings. The van der Waals surface area contributed by atoms with Crippen molar-refractivity contribution in [2.24, 2.45) is 35.3 Å². The molecular weight excluding hydrogens is 236 g/mol. The monoisotopic (exact) mass is 256 g/mol. The van der Waals surface area contributed by atoms with Crippen LogP contribution in [0.2, 0.25) is 0 Å². The second-order valence-electron chi connectivity index (χ2n) is 6.40. The maximum absolute atomic E-state index is 12.3. The Morgan fingerprint density at radius 3 is 2.37 bits per heavy atom. The third-order valence-electron chi connectivity index (χ3n) is 5.50. The summed E-state index contributed by atoms with van der Waals surface area (Å²) in [5.41, 5.74) is 7.57. The van der Waals surface area contributed by atoms with Crippen LogP contribution >= 0.6 is 0 Å². The van der Waals surface area contributed by atoms with Gasteiger partial charge in [-0.25, -0.2) is 0 Å². The minimum Gasteiger partial charge on any atom is -0.326 e. The number of benzene rings is 1. The third kappa shape index (κ3) is 1.71. The summed E-state index contributed by atoms with van der Waals surface area (Å²) in [6.07, 6.45) is 4.12. The molecule has 3 nitrogen and oxygen atoms in total. The van der Waals surface area contributed by atoms with Gasteiger partial charge in [0.25, 0.3) is 0 Å². The van der Waals surface area contributed by atoms with Crippen LogP contribution in [0.25, 0.3) is 0 Å². The number of anilines is 1. The molecule has 19 heavy (non-hydrogen) atoms. The van der Waals surface area contributed by atoms with Crippen molar-refractivity contribution >= 4 is 11.6 Å². The second kappa shape index (κ2) is 4.07. The lowest BCUT2D eigenvalue weighted by Crippen LogP contribution is -2.18. The number of hydrogen-bond acceptors (Lipinski definition) is 2. The molecule has 4 atom stereocenters. The van der Waals surface area contributed by atoms with Crippen LogP contribution in [0.15, 0.2) is 24.3 Å². The highest BCUT2D eigenvalue weighted by Gasteiger charge is 2.67. The Hall–Kier alpha value is -1.35. The van der Waals surface area contributed by atoms with Crippen LogP contribution in [0, 0.1) is 29.6 Å². The summed E-state index contributed by atoms with van der Waals surface area (Å²) >= 11 is 0. The summed E-state index contributed by atoms with van der Waals surface area (Å²) in [7, 11) is 0. The number of carbonyl (C=O) groups excluding carboxylic acids is 1. The summed E-state index contributed by atoms with van der Waals surface area (Å²) in [6.45, 7) is 0.546. The van der Waals surface area contributed by atoms with E-state index in [-0.39, 0.29) is 5.91 Å². The first-order valence-electron chi connectivity index (χ1n) is 7.38. The Kier molecular flexibility index (Phi) is 2.46. The number of amides is 1. The fraction of sp³-hybridized carbons (Fsp3) is 0.562. The molecule has 3 saturated carbocycles. The Morgan fingerprint density at radius 1 is 1.16 bits per heavy atom. The van der Waals surface area contributed by atoms with Gasteiger partial charge in [-0.1, -0.05) is 12.1 Å². The fourth-order valence-corrected chi connectivity index (χ4v) is 4.63. The molecular formula is C16H20N2O. The average molecular weight is 256 g/mol. The van der Waals surface area contributed by atoms with Gasteiger partial charge in [-0.15, -0.1) is 0 Å². The SMILES string of the molecule is NCc1ccc(NC(=O)C2C3C4CCC(C4)C23)cc1. The molecule has 1 aromatic rings. The Labute approximate surface area is 113 Å². The molecule has 4 unspecified atom stereocenters. The summed E-state index contributed by atoms with van der Waals surface area (Å²) in [5, 5.41) is 3.07. The Morgan fingerprint density at radius 2 is 1.79 bits per heavy atom. The van der Waals surface area contributed by atoms with Gasteiger partial charge < -0.3 is 11.1 Å². The van der Waals surface area contributed by atoms with Gasteiger partial charge in [0.15, 0.2) is 0 Å². The molecule has 0 heterocycles. The van der Waals surface area contributed by atoms with Crippen LogP contribution in [0.4, 0.5) is 5.69 Å². The highest BCUT2D eigenvalue weighted by atomic mass is 16.2. The van der Waals surface area contributed by atoms with Crippen LogP contribution in [0.5, 0.6) is 0 Å². The van der Waals surface area contributed by atoms with E-state index in [1.165, 1.54) is 19.3 Å². The summed E-state index contributed by atoms with van der Waals surface area (Å²) < 4.78 is 0. The molecule has 100 valence electrons. The fourth-order valence-electron chi connectivity index (χ4n) is 4.63. The zero-order valence-corrected chi connectivity index (χ0v) is 11.0. The molecule has 2 bridgehead atoms. The average Bonchev–Trinajstić information content (AvgIpc) is 2.89. The van der Waals surface area contributed by atoms with Gasteiger partial charge in [-0.05, 0) is 60.6 Å². The van der Waals surface area contributed by atoms with Crippen LogP contribution in [-0.4, -0.2) is 5.91 Å². The lowest BCUT2D eigenvalue weighted by Gasteiger charge is -2.10. The van der Waals surface area contributed by atoms with Crippen LogP contribution in [0.1, 0.15) is 24.8 Å². The first-order valence-corrected chi connectivity index (χ1v) is 7.38. The molecule has 0 spiro atoms. The van der Waals surface area contributed by atoms with Crippen molar-refractivity contribution < 1.29 is 4.79 Å². The van der Waals surface area contributed by atoms with Crippen molar-refractivity contribution in [3.8, 4) is 0 Å². The first-order chi connectivity index (χ1) is 9.28. The Balaban J connectivity index is 1.42. The lowest BCUT2D eigenvalue weighted by molar-refractivity contribution is -0.118. The number of fused-ring (bicyclic) bond motifs is 5. The molecule has 0 saturated heterocycles. The summed E-state index contributed by atoms with van der Waals surface area (Å²) in [6, 6.07) is 7.86. The lowest BCUT2D eigenvalue weighted by atomic mass is 10.0. The van der Waals surface area contributed by atoms with Crippen molar-refractivity contribution in [2.75, 3.05) is 5.32 Å². The van der Waals surface area contributed by atoms with Crippen molar-refractivity contribution in [2.45, 2.75) is 25.8 Å². The van der Waals surface area contributed by atoms with E-state index in [2.05, 4.69) is 5.32 Å². The molecule has 0 aromatic heterocycles. The van der Waals surface area contributed by atoms with E-state index in [0.717, 1.165) is 23.1 Å². The van der Waals surface area contributed by atoms with Crippen LogP contribution in [-0.2, 0) is 11.3 Å². The van der Waals surface area contributed by atoms with Gasteiger partial charge in [-0.2, -0.15) is 0 Å². The predicted molar refractivity (Wildman–Crippen MR) is 74.3 cm³/mol. The number of hydrogen-bond donors (Lipinski definition) is 2. The minimum atomic E-state index is 0.243. The van der Waals surface area contributed by atoms with Crippen molar-refractivity contribution in [1.29, 1.82) is 0 Å². The molecule has 1 amide bonds. The van der Waals surface area contributed by atoms with Crippen molar-refractivity contribution in [1.82, 2.24) is 0 Å². The van der Waals surface area contributed by atoms with E-state index in [1.54, 1.807) is 0 Å². The van der Waals surface area contributed by atoms with Crippen LogP contribution in [0.3, 0.4) is 0 Å². The van der Waals surface area contributed by atoms with E-state index in [4.69, 9.17) is 5.73 Å². The molecule has 3 heteroatoms. The van der Waals surface area contributed by atoms with Gasteiger partial charge in [-0.3, -0.25) is 4.79 Å². The molecule has 0 radical (unpaired) electrons. The molecule has 3 N–H and O–H groups in total. The Bertz CT molecular complexity index is 494. The van der Waals surface area contributed by atoms with E-state index in [0.29, 0.717) is 24.3 Å². The van der Waals surface area contributed by atoms with Crippen LogP contribution < -0.4 is 11.1 Å². The predicted octanol–water partition coefficient (Wildman–Crippen LogP) is 2.38. The second-order valence-corrected chi connectivity index (χ2v) is 6.40. The standard InChI is InChI=1S/C16H20N2O/c17-8-9-1-5-12(6-2-9)18-16(19)15-13-10-3-4-11(7-10)14(13)15/h1-2,5-6,10-11,13-15H,3-4,7-8,17H2,(H,18,19). The molecule has 0 aliphatic heterocycles. The third-order valence-corrected chi connectivity index (χ3v) is 5.50. The largest absolute Gasteiger partial charge is 0.326 e. The van der Waals surface area contributed by atoms with Crippen molar-refractivity contribution in [3.63, 3.8) is 0 Å². The molecule has 1 aromatic carbocycles. The highest BCUT2D eigenvalue weighted by Crippen LogP contribution is 2.69. The summed E-state index contributed by atoms with van der Waals surface area (Å²) in [5.74, 6) is 3.67. The minimum absolute atomic E-state index is 0.243. The zero-order chi connectivity index (χ0) is 13.0. The smallest absolute Gasteiger partial charge is 0.228 e. The topological polar surface area (TPSA) is 55.1 Å². The van der Waals surface area contributed by atoms with E-state index >= 15 is 0 Å². The van der Waals surface area contributed by atoms with E-state index < -0.39 is 0 Å². The van der Waals surface area contributed by atoms with Gasteiger partial charge in [0.05, 0.1) is 0 Å². The summed E-state index contributed by atoms with van der Waals surface area (Å²) in [4.78, 5) is 12.3. The normalized spacial score (nSPS) is 38.1. The zero-order valence-electron chi connectivity index (χ0n) is 11.0. The maximum atomic E-state index is 12.3. The number of nitrogens with two attached hydrogens (primary N) is 1. The molecule has 4 rings (SSSR count). The van der Waals surface area contributed by atoms with Gasteiger partial charge >= 0.3 is 0 Å². The quantitative estimate of drug-likeness (QED) is 0.872. The van der Waals surface area contributed by atoms with Gasteiger partial charge in [0.1, 0.15) is 0 Å². The van der Waals surface area contributed by atoms with E-state index in [1.807, 2.05) is 24.3 Å². The molecule has 3 aliphatic rings. The highest BCUT2D eigenvalue weighted by molar-refractivity contribution is 5.95.